The Morgan fingerprint density at radius 1 is 0.861 bits per heavy atom. The molecular weight excluding hydrogens is 450 g/mol. The van der Waals surface area contributed by atoms with Crippen LogP contribution in [0.5, 0.6) is 0 Å². The third kappa shape index (κ3) is 4.87. The van der Waals surface area contributed by atoms with Gasteiger partial charge in [0, 0.05) is 58.5 Å². The van der Waals surface area contributed by atoms with Crippen LogP contribution in [0.3, 0.4) is 0 Å². The summed E-state index contributed by atoms with van der Waals surface area (Å²) in [5, 5.41) is 0. The van der Waals surface area contributed by atoms with Crippen molar-refractivity contribution in [2.45, 2.75) is 50.6 Å². The molecule has 0 radical (unpaired) electrons. The summed E-state index contributed by atoms with van der Waals surface area (Å²) in [6, 6.07) is 11.3. The number of fused-ring (bicyclic) bond motifs is 1. The highest BCUT2D eigenvalue weighted by Crippen LogP contribution is 2.36. The summed E-state index contributed by atoms with van der Waals surface area (Å²) in [5.74, 6) is 3.65. The standard InChI is InChI=1S/C28H35N7O/c1-33(2)28-24(29-22-7-3-4-8-23(22)30-28)11-12-25-31-26(34-15-5-6-16-34)19-27(32-25)35(20-9-10-20)21-13-17-36-18-14-21/h3-4,7-8,11-12,19-21H,5-6,9-10,13-18H2,1-2H3/b12-11+. The average Bonchev–Trinajstić information content (AvgIpc) is 3.57. The van der Waals surface area contributed by atoms with Crippen molar-refractivity contribution in [2.24, 2.45) is 0 Å². The summed E-state index contributed by atoms with van der Waals surface area (Å²) in [4.78, 5) is 26.8. The molecule has 1 aliphatic carbocycles. The fourth-order valence-electron chi connectivity index (χ4n) is 5.34. The molecule has 8 heteroatoms. The number of nitrogens with zero attached hydrogens (tertiary/aromatic N) is 7. The number of aromatic nitrogens is 4. The first-order valence-corrected chi connectivity index (χ1v) is 13.3. The molecule has 2 aromatic heterocycles. The third-order valence-electron chi connectivity index (χ3n) is 7.33. The van der Waals surface area contributed by atoms with Gasteiger partial charge in [-0.2, -0.15) is 0 Å². The second kappa shape index (κ2) is 10.0. The van der Waals surface area contributed by atoms with E-state index in [1.54, 1.807) is 0 Å². The Hall–Kier alpha value is -3.26. The number of para-hydroxylation sites is 2. The minimum atomic E-state index is 0.483. The van der Waals surface area contributed by atoms with Crippen LogP contribution in [0.25, 0.3) is 23.2 Å². The molecule has 3 aliphatic rings. The molecular formula is C28H35N7O. The van der Waals surface area contributed by atoms with E-state index >= 15 is 0 Å². The highest BCUT2D eigenvalue weighted by atomic mass is 16.5. The van der Waals surface area contributed by atoms with Gasteiger partial charge in [-0.05, 0) is 62.8 Å². The van der Waals surface area contributed by atoms with Crippen LogP contribution in [-0.2, 0) is 4.74 Å². The largest absolute Gasteiger partial charge is 0.381 e. The zero-order valence-electron chi connectivity index (χ0n) is 21.3. The molecule has 188 valence electrons. The first kappa shape index (κ1) is 23.2. The van der Waals surface area contributed by atoms with E-state index in [1.807, 2.05) is 55.4 Å². The lowest BCUT2D eigenvalue weighted by molar-refractivity contribution is 0.0839. The predicted octanol–water partition coefficient (Wildman–Crippen LogP) is 4.40. The second-order valence-corrected chi connectivity index (χ2v) is 10.3. The Labute approximate surface area is 213 Å². The summed E-state index contributed by atoms with van der Waals surface area (Å²) in [5.41, 5.74) is 2.60. The molecule has 0 amide bonds. The molecule has 6 rings (SSSR count). The maximum Gasteiger partial charge on any atom is 0.156 e. The number of hydrogen-bond donors (Lipinski definition) is 0. The van der Waals surface area contributed by atoms with Crippen LogP contribution in [0.2, 0.25) is 0 Å². The molecule has 36 heavy (non-hydrogen) atoms. The van der Waals surface area contributed by atoms with E-state index in [9.17, 15) is 0 Å². The predicted molar refractivity (Wildman–Crippen MR) is 146 cm³/mol. The van der Waals surface area contributed by atoms with Crippen molar-refractivity contribution < 1.29 is 4.74 Å². The molecule has 0 N–H and O–H groups in total. The summed E-state index contributed by atoms with van der Waals surface area (Å²) < 4.78 is 5.67. The van der Waals surface area contributed by atoms with Gasteiger partial charge in [0.05, 0.1) is 11.0 Å². The number of anilines is 3. The first-order valence-electron chi connectivity index (χ1n) is 13.3. The van der Waals surface area contributed by atoms with Crippen LogP contribution in [0.15, 0.2) is 30.3 Å². The quantitative estimate of drug-likeness (QED) is 0.488. The molecule has 0 unspecified atom stereocenters. The third-order valence-corrected chi connectivity index (χ3v) is 7.33. The van der Waals surface area contributed by atoms with Crippen LogP contribution in [0, 0.1) is 0 Å². The van der Waals surface area contributed by atoms with Crippen molar-refractivity contribution in [1.29, 1.82) is 0 Å². The first-order chi connectivity index (χ1) is 17.7. The van der Waals surface area contributed by atoms with Gasteiger partial charge in [0.2, 0.25) is 0 Å². The highest BCUT2D eigenvalue weighted by Gasteiger charge is 2.36. The van der Waals surface area contributed by atoms with E-state index < -0.39 is 0 Å². The topological polar surface area (TPSA) is 70.5 Å². The minimum absolute atomic E-state index is 0.483. The van der Waals surface area contributed by atoms with Crippen molar-refractivity contribution in [3.05, 3.63) is 41.9 Å². The van der Waals surface area contributed by atoms with Gasteiger partial charge in [0.15, 0.2) is 11.6 Å². The Morgan fingerprint density at radius 3 is 2.25 bits per heavy atom. The van der Waals surface area contributed by atoms with Crippen LogP contribution < -0.4 is 14.7 Å². The van der Waals surface area contributed by atoms with Crippen LogP contribution in [0.1, 0.15) is 50.0 Å². The molecule has 1 aromatic carbocycles. The maximum absolute atomic E-state index is 5.67. The molecule has 0 bridgehead atoms. The van der Waals surface area contributed by atoms with Gasteiger partial charge < -0.3 is 19.4 Å². The van der Waals surface area contributed by atoms with Crippen molar-refractivity contribution in [1.82, 2.24) is 19.9 Å². The SMILES string of the molecule is CN(C)c1nc2ccccc2nc1/C=C/c1nc(N2CCCC2)cc(N(C2CCOCC2)C2CC2)n1. The monoisotopic (exact) mass is 485 g/mol. The molecule has 2 saturated heterocycles. The Kier molecular flexibility index (Phi) is 6.44. The fourth-order valence-corrected chi connectivity index (χ4v) is 5.34. The smallest absolute Gasteiger partial charge is 0.156 e. The van der Waals surface area contributed by atoms with Gasteiger partial charge in [-0.1, -0.05) is 12.1 Å². The van der Waals surface area contributed by atoms with E-state index in [-0.39, 0.29) is 0 Å². The minimum Gasteiger partial charge on any atom is -0.381 e. The average molecular weight is 486 g/mol. The van der Waals surface area contributed by atoms with Crippen molar-refractivity contribution >= 4 is 40.6 Å². The molecule has 1 saturated carbocycles. The van der Waals surface area contributed by atoms with Crippen molar-refractivity contribution in [3.8, 4) is 0 Å². The van der Waals surface area contributed by atoms with Crippen LogP contribution >= 0.6 is 0 Å². The molecule has 2 aliphatic heterocycles. The number of ether oxygens (including phenoxy) is 1. The highest BCUT2D eigenvalue weighted by molar-refractivity contribution is 5.81. The Balaban J connectivity index is 1.39. The molecule has 0 atom stereocenters. The zero-order valence-corrected chi connectivity index (χ0v) is 21.3. The van der Waals surface area contributed by atoms with Gasteiger partial charge in [-0.15, -0.1) is 0 Å². The van der Waals surface area contributed by atoms with Gasteiger partial charge in [-0.3, -0.25) is 0 Å². The van der Waals surface area contributed by atoms with Crippen molar-refractivity contribution in [3.63, 3.8) is 0 Å². The summed E-state index contributed by atoms with van der Waals surface area (Å²) >= 11 is 0. The van der Waals surface area contributed by atoms with Crippen LogP contribution in [-0.4, -0.2) is 72.4 Å². The summed E-state index contributed by atoms with van der Waals surface area (Å²) in [6.45, 7) is 3.78. The summed E-state index contributed by atoms with van der Waals surface area (Å²) in [7, 11) is 4.00. The number of hydrogen-bond acceptors (Lipinski definition) is 8. The van der Waals surface area contributed by atoms with E-state index in [0.29, 0.717) is 12.1 Å². The van der Waals surface area contributed by atoms with E-state index in [0.717, 1.165) is 79.2 Å². The summed E-state index contributed by atoms with van der Waals surface area (Å²) in [6.07, 6.45) is 11.1. The zero-order chi connectivity index (χ0) is 24.5. The normalized spacial score (nSPS) is 18.9. The second-order valence-electron chi connectivity index (χ2n) is 10.3. The van der Waals surface area contributed by atoms with E-state index in [4.69, 9.17) is 24.7 Å². The van der Waals surface area contributed by atoms with Crippen LogP contribution in [0.4, 0.5) is 17.5 Å². The van der Waals surface area contributed by atoms with Gasteiger partial charge in [0.1, 0.15) is 17.3 Å². The maximum atomic E-state index is 5.67. The lowest BCUT2D eigenvalue weighted by atomic mass is 10.1. The van der Waals surface area contributed by atoms with E-state index in [2.05, 4.69) is 15.9 Å². The lowest BCUT2D eigenvalue weighted by Crippen LogP contribution is -2.41. The van der Waals surface area contributed by atoms with E-state index in [1.165, 1.54) is 25.7 Å². The molecule has 4 heterocycles. The number of rotatable bonds is 7. The van der Waals surface area contributed by atoms with Gasteiger partial charge in [-0.25, -0.2) is 19.9 Å². The molecule has 3 fully saturated rings. The Bertz CT molecular complexity index is 1240. The van der Waals surface area contributed by atoms with Gasteiger partial charge >= 0.3 is 0 Å². The lowest BCUT2D eigenvalue weighted by Gasteiger charge is -2.36. The number of benzene rings is 1. The Morgan fingerprint density at radius 2 is 1.56 bits per heavy atom. The van der Waals surface area contributed by atoms with Gasteiger partial charge in [0.25, 0.3) is 0 Å². The molecule has 3 aromatic rings. The molecule has 0 spiro atoms. The molecule has 8 nitrogen and oxygen atoms in total. The van der Waals surface area contributed by atoms with Crippen molar-refractivity contribution in [2.75, 3.05) is 55.1 Å². The fraction of sp³-hybridized carbons (Fsp3) is 0.500.